The molecule has 5 nitrogen and oxygen atoms in total. The normalized spacial score (nSPS) is 40.5. The van der Waals surface area contributed by atoms with E-state index in [9.17, 15) is 15.0 Å². The lowest BCUT2D eigenvalue weighted by Gasteiger charge is -2.64. The Morgan fingerprint density at radius 1 is 1.18 bits per heavy atom. The molecule has 2 saturated carbocycles. The highest BCUT2D eigenvalue weighted by atomic mass is 16.5. The monoisotopic (exact) mass is 385 g/mol. The van der Waals surface area contributed by atoms with Gasteiger partial charge in [-0.05, 0) is 49.0 Å². The van der Waals surface area contributed by atoms with E-state index >= 15 is 0 Å². The Morgan fingerprint density at radius 3 is 2.68 bits per heavy atom. The number of hydrogen-bond donors (Lipinski definition) is 3. The number of aromatic hydroxyl groups is 1. The van der Waals surface area contributed by atoms with Crippen LogP contribution in [0.4, 0.5) is 0 Å². The fraction of sp³-hybridized carbons (Fsp3) is 0.696. The molecule has 5 atom stereocenters. The minimum Gasteiger partial charge on any atom is -0.507 e. The number of carbonyl (C=O) groups is 1. The van der Waals surface area contributed by atoms with E-state index in [1.165, 1.54) is 0 Å². The molecule has 2 aliphatic carbocycles. The summed E-state index contributed by atoms with van der Waals surface area (Å²) >= 11 is 0. The molecule has 2 fully saturated rings. The van der Waals surface area contributed by atoms with Crippen LogP contribution in [-0.2, 0) is 13.0 Å². The van der Waals surface area contributed by atoms with Crippen molar-refractivity contribution in [2.45, 2.75) is 78.0 Å². The van der Waals surface area contributed by atoms with E-state index in [4.69, 9.17) is 4.74 Å². The highest BCUT2D eigenvalue weighted by molar-refractivity contribution is 6.00. The Balaban J connectivity index is 1.63. The number of aliphatic hydroxyl groups is 1. The van der Waals surface area contributed by atoms with Crippen molar-refractivity contribution in [1.29, 1.82) is 0 Å². The average Bonchev–Trinajstić information content (AvgIpc) is 3.20. The molecule has 152 valence electrons. The molecule has 2 heterocycles. The van der Waals surface area contributed by atoms with E-state index in [2.05, 4.69) is 33.0 Å². The highest BCUT2D eigenvalue weighted by Crippen LogP contribution is 2.66. The van der Waals surface area contributed by atoms with Gasteiger partial charge in [0.1, 0.15) is 17.1 Å². The lowest BCUT2D eigenvalue weighted by Crippen LogP contribution is -2.66. The summed E-state index contributed by atoms with van der Waals surface area (Å²) in [5, 5.41) is 24.5. The van der Waals surface area contributed by atoms with Crippen molar-refractivity contribution in [3.63, 3.8) is 0 Å². The number of hydrogen-bond acceptors (Lipinski definition) is 4. The maximum Gasteiger partial charge on any atom is 0.252 e. The molecule has 0 radical (unpaired) electrons. The molecule has 0 bridgehead atoms. The number of ether oxygens (including phenoxy) is 1. The van der Waals surface area contributed by atoms with E-state index < -0.39 is 5.60 Å². The van der Waals surface area contributed by atoms with Crippen LogP contribution in [0.5, 0.6) is 11.5 Å². The van der Waals surface area contributed by atoms with Gasteiger partial charge in [0.2, 0.25) is 0 Å². The summed E-state index contributed by atoms with van der Waals surface area (Å²) in [6, 6.07) is 1.84. The first kappa shape index (κ1) is 18.3. The number of amides is 1. The standard InChI is InChI=1S/C23H31NO4/c1-12-5-6-17-21(2,3)18(25)7-8-22(17,4)23(12)10-14-16(28-23)9-13-15(19(14)26)11-24-20(13)27/h9,12,17-18,25-26H,5-8,10-11H2,1-4H3,(H,24,27)/t12-,17+,18-,22+,23-/m1/s1. The number of aliphatic hydroxyl groups excluding tert-OH is 1. The lowest BCUT2D eigenvalue weighted by atomic mass is 9.43. The zero-order chi connectivity index (χ0) is 20.1. The lowest BCUT2D eigenvalue weighted by molar-refractivity contribution is -0.210. The van der Waals surface area contributed by atoms with Crippen LogP contribution < -0.4 is 10.1 Å². The molecule has 5 heteroatoms. The van der Waals surface area contributed by atoms with Crippen molar-refractivity contribution in [3.8, 4) is 11.5 Å². The van der Waals surface area contributed by atoms with Crippen LogP contribution in [0.15, 0.2) is 6.07 Å². The maximum atomic E-state index is 12.2. The summed E-state index contributed by atoms with van der Waals surface area (Å²) in [5.74, 6) is 1.46. The van der Waals surface area contributed by atoms with E-state index in [0.717, 1.165) is 31.2 Å². The van der Waals surface area contributed by atoms with E-state index in [1.54, 1.807) is 0 Å². The summed E-state index contributed by atoms with van der Waals surface area (Å²) in [6.45, 7) is 9.38. The summed E-state index contributed by atoms with van der Waals surface area (Å²) in [5.41, 5.74) is 1.44. The predicted molar refractivity (Wildman–Crippen MR) is 105 cm³/mol. The molecular weight excluding hydrogens is 354 g/mol. The molecule has 0 unspecified atom stereocenters. The molecule has 3 N–H and O–H groups in total. The SMILES string of the molecule is C[C@@H]1CC[C@H]2C(C)(C)[C@H](O)CC[C@]2(C)[C@@]12Cc1c(cc3c(c1O)CNC3=O)O2. The molecule has 28 heavy (non-hydrogen) atoms. The Morgan fingerprint density at radius 2 is 1.93 bits per heavy atom. The first-order chi connectivity index (χ1) is 13.1. The van der Waals surface area contributed by atoms with Gasteiger partial charge < -0.3 is 20.3 Å². The molecule has 1 aromatic carbocycles. The molecule has 2 aliphatic heterocycles. The first-order valence-corrected chi connectivity index (χ1v) is 10.6. The van der Waals surface area contributed by atoms with Gasteiger partial charge in [-0.1, -0.05) is 27.7 Å². The van der Waals surface area contributed by atoms with Crippen LogP contribution in [0.2, 0.25) is 0 Å². The van der Waals surface area contributed by atoms with Crippen LogP contribution in [0.25, 0.3) is 0 Å². The highest BCUT2D eigenvalue weighted by Gasteiger charge is 2.67. The molecule has 1 amide bonds. The van der Waals surface area contributed by atoms with E-state index in [-0.39, 0.29) is 28.6 Å². The number of carbonyl (C=O) groups excluding carboxylic acids is 1. The van der Waals surface area contributed by atoms with Crippen molar-refractivity contribution in [1.82, 2.24) is 5.32 Å². The van der Waals surface area contributed by atoms with Crippen LogP contribution in [0.1, 0.15) is 74.9 Å². The van der Waals surface area contributed by atoms with Gasteiger partial charge in [0.15, 0.2) is 0 Å². The second-order valence-corrected chi connectivity index (χ2v) is 10.4. The van der Waals surface area contributed by atoms with Crippen molar-refractivity contribution in [2.24, 2.45) is 22.7 Å². The molecule has 0 saturated heterocycles. The molecule has 0 aromatic heterocycles. The van der Waals surface area contributed by atoms with Crippen LogP contribution >= 0.6 is 0 Å². The first-order valence-electron chi connectivity index (χ1n) is 10.6. The van der Waals surface area contributed by atoms with Gasteiger partial charge in [0.05, 0.1) is 11.7 Å². The summed E-state index contributed by atoms with van der Waals surface area (Å²) in [7, 11) is 0. The third kappa shape index (κ3) is 1.99. The van der Waals surface area contributed by atoms with Gasteiger partial charge in [0, 0.05) is 29.5 Å². The van der Waals surface area contributed by atoms with E-state index in [1.807, 2.05) is 6.07 Å². The van der Waals surface area contributed by atoms with Crippen molar-refractivity contribution in [3.05, 3.63) is 22.8 Å². The quantitative estimate of drug-likeness (QED) is 0.638. The van der Waals surface area contributed by atoms with E-state index in [0.29, 0.717) is 41.7 Å². The second-order valence-electron chi connectivity index (χ2n) is 10.4. The van der Waals surface area contributed by atoms with Crippen LogP contribution in [0.3, 0.4) is 0 Å². The number of rotatable bonds is 0. The predicted octanol–water partition coefficient (Wildman–Crippen LogP) is 3.54. The van der Waals surface area contributed by atoms with Gasteiger partial charge >= 0.3 is 0 Å². The van der Waals surface area contributed by atoms with Crippen LogP contribution in [0, 0.1) is 22.7 Å². The largest absolute Gasteiger partial charge is 0.507 e. The smallest absolute Gasteiger partial charge is 0.252 e. The van der Waals surface area contributed by atoms with Crippen LogP contribution in [-0.4, -0.2) is 27.8 Å². The Labute approximate surface area is 166 Å². The topological polar surface area (TPSA) is 78.8 Å². The Kier molecular flexibility index (Phi) is 3.55. The maximum absolute atomic E-state index is 12.2. The zero-order valence-electron chi connectivity index (χ0n) is 17.3. The molecular formula is C23H31NO4. The number of phenols is 1. The minimum atomic E-state index is -0.404. The Bertz CT molecular complexity index is 878. The molecule has 1 aromatic rings. The van der Waals surface area contributed by atoms with Gasteiger partial charge in [-0.25, -0.2) is 0 Å². The average molecular weight is 386 g/mol. The number of fused-ring (bicyclic) bond motifs is 4. The van der Waals surface area contributed by atoms with Gasteiger partial charge in [0.25, 0.3) is 5.91 Å². The van der Waals surface area contributed by atoms with Crippen molar-refractivity contribution < 1.29 is 19.7 Å². The third-order valence-electron chi connectivity index (χ3n) is 8.99. The summed E-state index contributed by atoms with van der Waals surface area (Å²) < 4.78 is 6.78. The number of benzene rings is 1. The fourth-order valence-electron chi connectivity index (χ4n) is 7.17. The third-order valence-corrected chi connectivity index (χ3v) is 8.99. The minimum absolute atomic E-state index is 0.0917. The van der Waals surface area contributed by atoms with Gasteiger partial charge in [-0.15, -0.1) is 0 Å². The molecule has 1 spiro atoms. The second kappa shape index (κ2) is 5.44. The Hall–Kier alpha value is -1.75. The van der Waals surface area contributed by atoms with Gasteiger partial charge in [-0.3, -0.25) is 4.79 Å². The van der Waals surface area contributed by atoms with Crippen molar-refractivity contribution >= 4 is 5.91 Å². The summed E-state index contributed by atoms with van der Waals surface area (Å²) in [6.07, 6.45) is 4.22. The fourth-order valence-corrected chi connectivity index (χ4v) is 7.17. The number of phenolic OH excluding ortho intramolecular Hbond substituents is 1. The summed E-state index contributed by atoms with van der Waals surface area (Å²) in [4.78, 5) is 12.2. The van der Waals surface area contributed by atoms with Gasteiger partial charge in [-0.2, -0.15) is 0 Å². The zero-order valence-corrected chi connectivity index (χ0v) is 17.3. The number of nitrogens with one attached hydrogen (secondary N) is 1. The molecule has 4 aliphatic rings. The van der Waals surface area contributed by atoms with Crippen molar-refractivity contribution in [2.75, 3.05) is 0 Å². The molecule has 5 rings (SSSR count).